The first-order valence-electron chi connectivity index (χ1n) is 9.15. The number of carbonyl (C=O) groups excluding carboxylic acids is 2. The van der Waals surface area contributed by atoms with Crippen LogP contribution in [0.5, 0.6) is 0 Å². The van der Waals surface area contributed by atoms with Crippen molar-refractivity contribution in [1.82, 2.24) is 9.55 Å². The van der Waals surface area contributed by atoms with Crippen molar-refractivity contribution < 1.29 is 28.2 Å². The van der Waals surface area contributed by atoms with Crippen molar-refractivity contribution in [2.45, 2.75) is 52.0 Å². The number of carbonyl (C=O) groups is 2. The number of nitrogens with two attached hydrogens (primary N) is 1. The molecule has 0 bridgehead atoms. The van der Waals surface area contributed by atoms with Gasteiger partial charge in [0.1, 0.15) is 18.9 Å². The third-order valence-electron chi connectivity index (χ3n) is 4.50. The molecule has 0 amide bonds. The molecule has 1 saturated heterocycles. The van der Waals surface area contributed by atoms with Crippen molar-refractivity contribution in [2.24, 2.45) is 11.8 Å². The summed E-state index contributed by atoms with van der Waals surface area (Å²) in [5.41, 5.74) is 3.06. The van der Waals surface area contributed by atoms with E-state index in [1.807, 2.05) is 0 Å². The SMILES string of the molecule is CC(C)C(=O)OC[C@@]1(CCl)O[C@@H](n2cc(F)c(N)nc2=O)C[C@@H]1OC(=O)C(C)C. The summed E-state index contributed by atoms with van der Waals surface area (Å²) in [5.74, 6) is -3.48. The van der Waals surface area contributed by atoms with Crippen LogP contribution in [-0.4, -0.2) is 45.7 Å². The smallest absolute Gasteiger partial charge is 0.351 e. The third kappa shape index (κ3) is 5.05. The quantitative estimate of drug-likeness (QED) is 0.508. The summed E-state index contributed by atoms with van der Waals surface area (Å²) in [6.07, 6.45) is -1.14. The molecule has 0 spiro atoms. The van der Waals surface area contributed by atoms with E-state index in [9.17, 15) is 18.8 Å². The molecule has 162 valence electrons. The van der Waals surface area contributed by atoms with Crippen molar-refractivity contribution in [3.8, 4) is 0 Å². The van der Waals surface area contributed by atoms with Crippen LogP contribution in [-0.2, 0) is 23.8 Å². The fourth-order valence-corrected chi connectivity index (χ4v) is 3.01. The Bertz CT molecular complexity index is 830. The van der Waals surface area contributed by atoms with Gasteiger partial charge in [0, 0.05) is 6.42 Å². The number of halogens is 2. The molecule has 3 atom stereocenters. The lowest BCUT2D eigenvalue weighted by Gasteiger charge is -2.32. The number of nitrogens with zero attached hydrogens (tertiary/aromatic N) is 2. The predicted octanol–water partition coefficient (Wildman–Crippen LogP) is 1.63. The summed E-state index contributed by atoms with van der Waals surface area (Å²) in [6, 6.07) is 0. The van der Waals surface area contributed by atoms with E-state index in [1.165, 1.54) is 0 Å². The van der Waals surface area contributed by atoms with Crippen LogP contribution in [0.4, 0.5) is 10.2 Å². The number of hydrogen-bond donors (Lipinski definition) is 1. The number of esters is 2. The molecule has 29 heavy (non-hydrogen) atoms. The first kappa shape index (κ1) is 23.1. The lowest BCUT2D eigenvalue weighted by molar-refractivity contribution is -0.176. The average molecular weight is 434 g/mol. The van der Waals surface area contributed by atoms with Crippen LogP contribution in [0.15, 0.2) is 11.0 Å². The van der Waals surface area contributed by atoms with Crippen molar-refractivity contribution >= 4 is 29.4 Å². The standard InChI is InChI=1S/C18H25ClFN3O6/c1-9(2)15(24)27-8-18(7-19)12(28-16(25)10(3)4)5-13(29-18)23-6-11(20)14(21)22-17(23)26/h6,9-10,12-13H,5,7-8H2,1-4H3,(H2,21,22,26)/t12-,13+,18+/m0/s1. The molecule has 2 N–H and O–H groups in total. The Morgan fingerprint density at radius 2 is 2.00 bits per heavy atom. The highest BCUT2D eigenvalue weighted by atomic mass is 35.5. The zero-order valence-corrected chi connectivity index (χ0v) is 17.4. The number of rotatable bonds is 7. The van der Waals surface area contributed by atoms with Gasteiger partial charge in [-0.05, 0) is 0 Å². The van der Waals surface area contributed by atoms with E-state index in [-0.39, 0.29) is 18.9 Å². The Hall–Kier alpha value is -2.20. The largest absolute Gasteiger partial charge is 0.462 e. The maximum Gasteiger partial charge on any atom is 0.351 e. The Morgan fingerprint density at radius 1 is 1.38 bits per heavy atom. The molecule has 0 radical (unpaired) electrons. The van der Waals surface area contributed by atoms with Gasteiger partial charge < -0.3 is 19.9 Å². The number of aromatic nitrogens is 2. The van der Waals surface area contributed by atoms with Gasteiger partial charge in [0.05, 0.1) is 23.9 Å². The summed E-state index contributed by atoms with van der Waals surface area (Å²) in [7, 11) is 0. The summed E-state index contributed by atoms with van der Waals surface area (Å²) in [6.45, 7) is 6.32. The maximum absolute atomic E-state index is 13.9. The summed E-state index contributed by atoms with van der Waals surface area (Å²) < 4.78 is 31.5. The average Bonchev–Trinajstić information content (AvgIpc) is 3.01. The van der Waals surface area contributed by atoms with Gasteiger partial charge in [-0.1, -0.05) is 27.7 Å². The number of hydrogen-bond acceptors (Lipinski definition) is 8. The molecule has 1 aromatic rings. The van der Waals surface area contributed by atoms with Crippen LogP contribution in [0, 0.1) is 17.7 Å². The van der Waals surface area contributed by atoms with Crippen LogP contribution >= 0.6 is 11.6 Å². The van der Waals surface area contributed by atoms with Gasteiger partial charge in [-0.15, -0.1) is 11.6 Å². The van der Waals surface area contributed by atoms with Gasteiger partial charge in [-0.3, -0.25) is 14.2 Å². The highest BCUT2D eigenvalue weighted by molar-refractivity contribution is 6.18. The van der Waals surface area contributed by atoms with E-state index >= 15 is 0 Å². The second-order valence-electron chi connectivity index (χ2n) is 7.51. The van der Waals surface area contributed by atoms with E-state index in [4.69, 9.17) is 31.5 Å². The highest BCUT2D eigenvalue weighted by Gasteiger charge is 2.53. The van der Waals surface area contributed by atoms with Gasteiger partial charge in [-0.25, -0.2) is 9.18 Å². The molecule has 0 unspecified atom stereocenters. The lowest BCUT2D eigenvalue weighted by Crippen LogP contribution is -2.49. The fourth-order valence-electron chi connectivity index (χ4n) is 2.70. The van der Waals surface area contributed by atoms with Crippen LogP contribution < -0.4 is 11.4 Å². The molecule has 0 aliphatic carbocycles. The van der Waals surface area contributed by atoms with E-state index in [0.29, 0.717) is 0 Å². The van der Waals surface area contributed by atoms with Gasteiger partial charge >= 0.3 is 17.6 Å². The molecule has 1 aromatic heterocycles. The second kappa shape index (κ2) is 9.08. The van der Waals surface area contributed by atoms with E-state index in [2.05, 4.69) is 4.98 Å². The van der Waals surface area contributed by atoms with Crippen molar-refractivity contribution in [3.63, 3.8) is 0 Å². The normalized spacial score (nSPS) is 24.1. The van der Waals surface area contributed by atoms with E-state index in [0.717, 1.165) is 10.8 Å². The molecule has 2 heterocycles. The van der Waals surface area contributed by atoms with Crippen molar-refractivity contribution in [1.29, 1.82) is 0 Å². The Balaban J connectivity index is 2.37. The summed E-state index contributed by atoms with van der Waals surface area (Å²) in [4.78, 5) is 39.7. The fraction of sp³-hybridized carbons (Fsp3) is 0.667. The first-order chi connectivity index (χ1) is 13.5. The van der Waals surface area contributed by atoms with Gasteiger partial charge in [0.2, 0.25) is 0 Å². The lowest BCUT2D eigenvalue weighted by atomic mass is 9.99. The zero-order valence-electron chi connectivity index (χ0n) is 16.7. The maximum atomic E-state index is 13.9. The molecule has 11 heteroatoms. The van der Waals surface area contributed by atoms with Gasteiger partial charge in [-0.2, -0.15) is 4.98 Å². The molecular formula is C18H25ClFN3O6. The Morgan fingerprint density at radius 3 is 2.55 bits per heavy atom. The number of ether oxygens (including phenoxy) is 3. The summed E-state index contributed by atoms with van der Waals surface area (Å²) in [5, 5.41) is 0. The van der Waals surface area contributed by atoms with Gasteiger partial charge in [0.15, 0.2) is 17.2 Å². The Labute approximate surface area is 172 Å². The minimum absolute atomic E-state index is 0.0185. The predicted molar refractivity (Wildman–Crippen MR) is 102 cm³/mol. The molecule has 0 aromatic carbocycles. The molecule has 9 nitrogen and oxygen atoms in total. The second-order valence-corrected chi connectivity index (χ2v) is 7.78. The molecule has 1 aliphatic rings. The zero-order chi connectivity index (χ0) is 21.9. The molecular weight excluding hydrogens is 409 g/mol. The minimum atomic E-state index is -1.42. The minimum Gasteiger partial charge on any atom is -0.462 e. The first-order valence-corrected chi connectivity index (χ1v) is 9.69. The van der Waals surface area contributed by atoms with E-state index < -0.39 is 59.0 Å². The summed E-state index contributed by atoms with van der Waals surface area (Å²) >= 11 is 6.13. The molecule has 1 fully saturated rings. The van der Waals surface area contributed by atoms with Crippen molar-refractivity contribution in [2.75, 3.05) is 18.2 Å². The van der Waals surface area contributed by atoms with Crippen LogP contribution in [0.2, 0.25) is 0 Å². The van der Waals surface area contributed by atoms with Crippen molar-refractivity contribution in [3.05, 3.63) is 22.5 Å². The molecule has 1 aliphatic heterocycles. The monoisotopic (exact) mass is 433 g/mol. The van der Waals surface area contributed by atoms with E-state index in [1.54, 1.807) is 27.7 Å². The van der Waals surface area contributed by atoms with Gasteiger partial charge in [0.25, 0.3) is 0 Å². The van der Waals surface area contributed by atoms with Crippen LogP contribution in [0.3, 0.4) is 0 Å². The molecule has 0 saturated carbocycles. The third-order valence-corrected chi connectivity index (χ3v) is 4.96. The topological polar surface area (TPSA) is 123 Å². The Kier molecular flexibility index (Phi) is 7.23. The van der Waals surface area contributed by atoms with Crippen LogP contribution in [0.1, 0.15) is 40.3 Å². The van der Waals surface area contributed by atoms with Crippen LogP contribution in [0.25, 0.3) is 0 Å². The number of alkyl halides is 1. The molecule has 2 rings (SSSR count). The highest BCUT2D eigenvalue weighted by Crippen LogP contribution is 2.40. The number of anilines is 1. The number of nitrogen functional groups attached to an aromatic ring is 1.